The predicted molar refractivity (Wildman–Crippen MR) is 63.2 cm³/mol. The van der Waals surface area contributed by atoms with Crippen LogP contribution in [0.2, 0.25) is 0 Å². The van der Waals surface area contributed by atoms with Crippen LogP contribution < -0.4 is 4.72 Å². The molecule has 0 amide bonds. The van der Waals surface area contributed by atoms with Crippen molar-refractivity contribution >= 4 is 37.8 Å². The first-order chi connectivity index (χ1) is 7.62. The molecule has 16 heavy (non-hydrogen) atoms. The Morgan fingerprint density at radius 1 is 1.44 bits per heavy atom. The number of aliphatic hydroxyl groups is 1. The maximum absolute atomic E-state index is 11.8. The van der Waals surface area contributed by atoms with Crippen molar-refractivity contribution in [2.75, 3.05) is 4.72 Å². The van der Waals surface area contributed by atoms with Crippen molar-refractivity contribution in [2.24, 2.45) is 0 Å². The number of anilines is 1. The van der Waals surface area contributed by atoms with Crippen molar-refractivity contribution in [3.8, 4) is 0 Å². The molecule has 5 nitrogen and oxygen atoms in total. The average Bonchev–Trinajstić information content (AvgIpc) is 2.85. The molecule has 0 aliphatic carbocycles. The third-order valence-electron chi connectivity index (χ3n) is 1.75. The van der Waals surface area contributed by atoms with Crippen molar-refractivity contribution < 1.29 is 13.5 Å². The summed E-state index contributed by atoms with van der Waals surface area (Å²) >= 11 is 2.41. The number of thiophene rings is 1. The Morgan fingerprint density at radius 2 is 2.25 bits per heavy atom. The van der Waals surface area contributed by atoms with Crippen molar-refractivity contribution in [1.82, 2.24) is 4.98 Å². The van der Waals surface area contributed by atoms with Gasteiger partial charge in [0.15, 0.2) is 5.13 Å². The number of nitrogens with one attached hydrogen (secondary N) is 1. The molecule has 0 spiro atoms. The minimum atomic E-state index is -3.58. The average molecular weight is 276 g/mol. The molecule has 2 aromatic heterocycles. The molecule has 2 heterocycles. The van der Waals surface area contributed by atoms with E-state index in [0.717, 1.165) is 0 Å². The first-order valence-corrected chi connectivity index (χ1v) is 7.46. The molecule has 0 bridgehead atoms. The van der Waals surface area contributed by atoms with Gasteiger partial charge in [-0.15, -0.1) is 22.7 Å². The molecule has 2 aromatic rings. The Hall–Kier alpha value is -0.960. The second kappa shape index (κ2) is 4.50. The lowest BCUT2D eigenvalue weighted by Gasteiger charge is -2.01. The summed E-state index contributed by atoms with van der Waals surface area (Å²) in [5.41, 5.74) is 0. The highest BCUT2D eigenvalue weighted by Crippen LogP contribution is 2.22. The molecule has 0 aliphatic heterocycles. The van der Waals surface area contributed by atoms with Gasteiger partial charge in [0.25, 0.3) is 10.0 Å². The van der Waals surface area contributed by atoms with E-state index in [9.17, 15) is 8.42 Å². The first kappa shape index (κ1) is 11.5. The van der Waals surface area contributed by atoms with Gasteiger partial charge in [0.05, 0.1) is 11.5 Å². The zero-order valence-electron chi connectivity index (χ0n) is 7.95. The molecule has 0 unspecified atom stereocenters. The Bertz CT molecular complexity index is 559. The second-order valence-electron chi connectivity index (χ2n) is 2.85. The third-order valence-corrected chi connectivity index (χ3v) is 4.96. The van der Waals surface area contributed by atoms with Gasteiger partial charge in [-0.2, -0.15) is 0 Å². The minimum Gasteiger partial charge on any atom is -0.391 e. The first-order valence-electron chi connectivity index (χ1n) is 4.22. The number of hydrogen-bond donors (Lipinski definition) is 2. The van der Waals surface area contributed by atoms with E-state index in [4.69, 9.17) is 5.11 Å². The Morgan fingerprint density at radius 3 is 2.81 bits per heavy atom. The molecule has 2 N–H and O–H groups in total. The Labute approximate surface area is 100 Å². The van der Waals surface area contributed by atoms with Crippen molar-refractivity contribution in [3.63, 3.8) is 0 Å². The lowest BCUT2D eigenvalue weighted by Crippen LogP contribution is -2.11. The van der Waals surface area contributed by atoms with Gasteiger partial charge in [-0.05, 0) is 6.07 Å². The Kier molecular flexibility index (Phi) is 3.24. The number of hydrogen-bond acceptors (Lipinski definition) is 6. The van der Waals surface area contributed by atoms with E-state index in [0.29, 0.717) is 10.0 Å². The Balaban J connectivity index is 2.25. The van der Waals surface area contributed by atoms with Crippen LogP contribution in [0.1, 0.15) is 4.88 Å². The van der Waals surface area contributed by atoms with Gasteiger partial charge >= 0.3 is 0 Å². The van der Waals surface area contributed by atoms with Gasteiger partial charge in [0.2, 0.25) is 0 Å². The number of aromatic nitrogens is 1. The van der Waals surface area contributed by atoms with Crippen LogP contribution in [-0.2, 0) is 16.6 Å². The van der Waals surface area contributed by atoms with Crippen LogP contribution in [0.25, 0.3) is 0 Å². The predicted octanol–water partition coefficient (Wildman–Crippen LogP) is 1.50. The van der Waals surface area contributed by atoms with Gasteiger partial charge in [-0.25, -0.2) is 13.4 Å². The molecule has 0 fully saturated rings. The summed E-state index contributed by atoms with van der Waals surface area (Å²) in [6.07, 6.45) is 1.52. The van der Waals surface area contributed by atoms with E-state index in [-0.39, 0.29) is 11.5 Å². The lowest BCUT2D eigenvalue weighted by molar-refractivity contribution is 0.285. The standard InChI is InChI=1S/C8H8N2O3S3/c11-4-6-3-7(5-15-6)16(12,13)10-8-9-1-2-14-8/h1-3,5,11H,4H2,(H,9,10). The van der Waals surface area contributed by atoms with Crippen LogP contribution in [0.15, 0.2) is 27.9 Å². The zero-order chi connectivity index (χ0) is 11.6. The van der Waals surface area contributed by atoms with Crippen molar-refractivity contribution in [1.29, 1.82) is 0 Å². The van der Waals surface area contributed by atoms with Gasteiger partial charge in [0, 0.05) is 21.8 Å². The fourth-order valence-electron chi connectivity index (χ4n) is 1.03. The highest BCUT2D eigenvalue weighted by molar-refractivity contribution is 7.93. The fourth-order valence-corrected chi connectivity index (χ4v) is 3.95. The van der Waals surface area contributed by atoms with E-state index < -0.39 is 10.0 Å². The molecule has 0 saturated heterocycles. The number of rotatable bonds is 4. The molecule has 2 rings (SSSR count). The number of sulfonamides is 1. The number of nitrogens with zero attached hydrogens (tertiary/aromatic N) is 1. The molecule has 86 valence electrons. The minimum absolute atomic E-state index is 0.150. The maximum Gasteiger partial charge on any atom is 0.264 e. The number of thiazole rings is 1. The normalized spacial score (nSPS) is 11.6. The smallest absolute Gasteiger partial charge is 0.264 e. The molecule has 0 saturated carbocycles. The van der Waals surface area contributed by atoms with E-state index in [1.54, 1.807) is 5.38 Å². The summed E-state index contributed by atoms with van der Waals surface area (Å²) in [4.78, 5) is 4.60. The van der Waals surface area contributed by atoms with E-state index in [1.807, 2.05) is 0 Å². The summed E-state index contributed by atoms with van der Waals surface area (Å²) in [5, 5.41) is 12.4. The number of aliphatic hydroxyl groups excluding tert-OH is 1. The van der Waals surface area contributed by atoms with Crippen molar-refractivity contribution in [2.45, 2.75) is 11.5 Å². The van der Waals surface area contributed by atoms with E-state index in [2.05, 4.69) is 9.71 Å². The van der Waals surface area contributed by atoms with Crippen LogP contribution in [0, 0.1) is 0 Å². The second-order valence-corrected chi connectivity index (χ2v) is 6.42. The zero-order valence-corrected chi connectivity index (χ0v) is 10.4. The van der Waals surface area contributed by atoms with Gasteiger partial charge in [-0.1, -0.05) is 0 Å². The van der Waals surface area contributed by atoms with Crippen LogP contribution >= 0.6 is 22.7 Å². The third kappa shape index (κ3) is 2.40. The molecular weight excluding hydrogens is 268 g/mol. The molecular formula is C8H8N2O3S3. The van der Waals surface area contributed by atoms with Gasteiger partial charge < -0.3 is 5.11 Å². The van der Waals surface area contributed by atoms with Gasteiger partial charge in [-0.3, -0.25) is 4.72 Å². The highest BCUT2D eigenvalue weighted by atomic mass is 32.2. The molecule has 8 heteroatoms. The van der Waals surface area contributed by atoms with E-state index in [1.165, 1.54) is 40.3 Å². The molecule has 0 aromatic carbocycles. The summed E-state index contributed by atoms with van der Waals surface area (Å²) in [6.45, 7) is -0.155. The topological polar surface area (TPSA) is 79.3 Å². The highest BCUT2D eigenvalue weighted by Gasteiger charge is 2.17. The molecule has 0 atom stereocenters. The van der Waals surface area contributed by atoms with Crippen LogP contribution in [0.4, 0.5) is 5.13 Å². The summed E-state index contributed by atoms with van der Waals surface area (Å²) in [5.74, 6) is 0. The summed E-state index contributed by atoms with van der Waals surface area (Å²) in [7, 11) is -3.58. The van der Waals surface area contributed by atoms with E-state index >= 15 is 0 Å². The monoisotopic (exact) mass is 276 g/mol. The van der Waals surface area contributed by atoms with Crippen LogP contribution in [0.5, 0.6) is 0 Å². The van der Waals surface area contributed by atoms with Gasteiger partial charge in [0.1, 0.15) is 0 Å². The molecule has 0 radical (unpaired) electrons. The molecule has 0 aliphatic rings. The van der Waals surface area contributed by atoms with Crippen LogP contribution in [0.3, 0.4) is 0 Å². The van der Waals surface area contributed by atoms with Crippen LogP contribution in [-0.4, -0.2) is 18.5 Å². The summed E-state index contributed by atoms with van der Waals surface area (Å²) < 4.78 is 26.0. The maximum atomic E-state index is 11.8. The fraction of sp³-hybridized carbons (Fsp3) is 0.125. The van der Waals surface area contributed by atoms with Crippen molar-refractivity contribution in [3.05, 3.63) is 27.9 Å². The lowest BCUT2D eigenvalue weighted by atomic mass is 10.5. The SMILES string of the molecule is O=S(=O)(Nc1nccs1)c1csc(CO)c1. The quantitative estimate of drug-likeness (QED) is 0.887. The summed E-state index contributed by atoms with van der Waals surface area (Å²) in [6, 6.07) is 1.45. The largest absolute Gasteiger partial charge is 0.391 e.